The molecule has 16 heavy (non-hydrogen) atoms. The maximum absolute atomic E-state index is 5.39. The zero-order chi connectivity index (χ0) is 11.6. The molecular formula is C12H19BrN2O. The lowest BCUT2D eigenvalue weighted by Gasteiger charge is -2.05. The third kappa shape index (κ3) is 6.20. The van der Waals surface area contributed by atoms with E-state index >= 15 is 0 Å². The van der Waals surface area contributed by atoms with Gasteiger partial charge in [-0.25, -0.2) is 0 Å². The predicted octanol–water partition coefficient (Wildman–Crippen LogP) is 2.75. The van der Waals surface area contributed by atoms with Gasteiger partial charge < -0.3 is 10.1 Å². The van der Waals surface area contributed by atoms with Crippen molar-refractivity contribution in [3.63, 3.8) is 0 Å². The molecule has 0 amide bonds. The number of hydrogen-bond donors (Lipinski definition) is 1. The first-order valence-corrected chi connectivity index (χ1v) is 6.51. The highest BCUT2D eigenvalue weighted by atomic mass is 79.9. The lowest BCUT2D eigenvalue weighted by atomic mass is 10.3. The summed E-state index contributed by atoms with van der Waals surface area (Å²) in [6.45, 7) is 5.63. The normalized spacial score (nSPS) is 10.6. The average Bonchev–Trinajstić information content (AvgIpc) is 2.30. The molecule has 0 atom stereocenters. The lowest BCUT2D eigenvalue weighted by Crippen LogP contribution is -2.17. The van der Waals surface area contributed by atoms with Crippen molar-refractivity contribution in [1.82, 2.24) is 10.3 Å². The minimum absolute atomic E-state index is 0.820. The Hall–Kier alpha value is -0.450. The fourth-order valence-corrected chi connectivity index (χ4v) is 1.51. The number of nitrogens with one attached hydrogen (secondary N) is 1. The highest BCUT2D eigenvalue weighted by molar-refractivity contribution is 9.10. The second kappa shape index (κ2) is 8.67. The maximum Gasteiger partial charge on any atom is 0.0542 e. The van der Waals surface area contributed by atoms with Crippen LogP contribution in [0.4, 0.5) is 0 Å². The van der Waals surface area contributed by atoms with Crippen LogP contribution in [0.15, 0.2) is 22.8 Å². The van der Waals surface area contributed by atoms with Gasteiger partial charge in [-0.15, -0.1) is 0 Å². The molecule has 0 spiro atoms. The summed E-state index contributed by atoms with van der Waals surface area (Å²) in [5.74, 6) is 0. The van der Waals surface area contributed by atoms with Gasteiger partial charge in [0, 0.05) is 30.4 Å². The largest absolute Gasteiger partial charge is 0.381 e. The molecule has 1 aromatic rings. The van der Waals surface area contributed by atoms with Crippen LogP contribution in [0.1, 0.15) is 25.5 Å². The van der Waals surface area contributed by atoms with Crippen LogP contribution in [0.3, 0.4) is 0 Å². The monoisotopic (exact) mass is 286 g/mol. The van der Waals surface area contributed by atoms with Crippen LogP contribution in [0.5, 0.6) is 0 Å². The van der Waals surface area contributed by atoms with E-state index in [4.69, 9.17) is 4.74 Å². The summed E-state index contributed by atoms with van der Waals surface area (Å²) in [4.78, 5) is 4.28. The molecule has 0 fully saturated rings. The van der Waals surface area contributed by atoms with Crippen LogP contribution in [0, 0.1) is 0 Å². The van der Waals surface area contributed by atoms with Gasteiger partial charge in [0.05, 0.1) is 5.69 Å². The van der Waals surface area contributed by atoms with Crippen molar-refractivity contribution in [2.24, 2.45) is 0 Å². The van der Waals surface area contributed by atoms with Crippen molar-refractivity contribution in [2.45, 2.75) is 26.3 Å². The van der Waals surface area contributed by atoms with Crippen molar-refractivity contribution in [1.29, 1.82) is 0 Å². The highest BCUT2D eigenvalue weighted by Crippen LogP contribution is 2.06. The summed E-state index contributed by atoms with van der Waals surface area (Å²) >= 11 is 3.36. The molecule has 0 unspecified atom stereocenters. The van der Waals surface area contributed by atoms with E-state index in [1.165, 1.54) is 0 Å². The summed E-state index contributed by atoms with van der Waals surface area (Å²) in [6.07, 6.45) is 3.97. The summed E-state index contributed by atoms with van der Waals surface area (Å²) in [5.41, 5.74) is 1.07. The summed E-state index contributed by atoms with van der Waals surface area (Å²) in [5, 5.41) is 3.34. The first-order chi connectivity index (χ1) is 7.83. The van der Waals surface area contributed by atoms with Crippen molar-refractivity contribution in [3.05, 3.63) is 28.5 Å². The van der Waals surface area contributed by atoms with Crippen LogP contribution in [0.2, 0.25) is 0 Å². The van der Waals surface area contributed by atoms with Crippen LogP contribution >= 0.6 is 15.9 Å². The SMILES string of the molecule is CCCOCCCNCc1ccc(Br)cn1. The van der Waals surface area contributed by atoms with E-state index in [-0.39, 0.29) is 0 Å². The molecule has 1 aromatic heterocycles. The summed E-state index contributed by atoms with van der Waals surface area (Å²) < 4.78 is 6.41. The number of pyridine rings is 1. The van der Waals surface area contributed by atoms with Crippen molar-refractivity contribution in [3.8, 4) is 0 Å². The molecule has 0 aromatic carbocycles. The van der Waals surface area contributed by atoms with Crippen molar-refractivity contribution in [2.75, 3.05) is 19.8 Å². The first kappa shape index (κ1) is 13.6. The van der Waals surface area contributed by atoms with Gasteiger partial charge in [0.1, 0.15) is 0 Å². The molecule has 0 aliphatic heterocycles. The Kier molecular flexibility index (Phi) is 7.38. The highest BCUT2D eigenvalue weighted by Gasteiger charge is 1.94. The topological polar surface area (TPSA) is 34.1 Å². The van der Waals surface area contributed by atoms with E-state index in [9.17, 15) is 0 Å². The molecule has 0 bridgehead atoms. The molecule has 4 heteroatoms. The Bertz CT molecular complexity index is 277. The van der Waals surface area contributed by atoms with Gasteiger partial charge in [-0.05, 0) is 47.4 Å². The fourth-order valence-electron chi connectivity index (χ4n) is 1.27. The quantitative estimate of drug-likeness (QED) is 0.747. The molecule has 0 saturated carbocycles. The molecule has 3 nitrogen and oxygen atoms in total. The van der Waals surface area contributed by atoms with Gasteiger partial charge in [0.2, 0.25) is 0 Å². The third-order valence-corrected chi connectivity index (χ3v) is 2.55. The van der Waals surface area contributed by atoms with E-state index in [0.717, 1.165) is 49.3 Å². The van der Waals surface area contributed by atoms with Crippen molar-refractivity contribution >= 4 is 15.9 Å². The zero-order valence-corrected chi connectivity index (χ0v) is 11.3. The second-order valence-corrected chi connectivity index (χ2v) is 4.53. The van der Waals surface area contributed by atoms with E-state index in [1.54, 1.807) is 0 Å². The Morgan fingerprint density at radius 1 is 1.38 bits per heavy atom. The number of hydrogen-bond acceptors (Lipinski definition) is 3. The Balaban J connectivity index is 2.01. The Morgan fingerprint density at radius 2 is 2.25 bits per heavy atom. The maximum atomic E-state index is 5.39. The molecule has 0 aliphatic carbocycles. The average molecular weight is 287 g/mol. The molecule has 0 saturated heterocycles. The minimum Gasteiger partial charge on any atom is -0.381 e. The van der Waals surface area contributed by atoms with Gasteiger partial charge in [-0.1, -0.05) is 6.92 Å². The standard InChI is InChI=1S/C12H19BrN2O/c1-2-7-16-8-3-6-14-10-12-5-4-11(13)9-15-12/h4-5,9,14H,2-3,6-8,10H2,1H3. The summed E-state index contributed by atoms with van der Waals surface area (Å²) in [7, 11) is 0. The van der Waals surface area contributed by atoms with Crippen LogP contribution < -0.4 is 5.32 Å². The Morgan fingerprint density at radius 3 is 2.94 bits per heavy atom. The molecule has 0 aliphatic rings. The Labute approximate surface area is 106 Å². The van der Waals surface area contributed by atoms with Crippen LogP contribution in [0.25, 0.3) is 0 Å². The van der Waals surface area contributed by atoms with Gasteiger partial charge in [0.25, 0.3) is 0 Å². The van der Waals surface area contributed by atoms with Gasteiger partial charge in [-0.2, -0.15) is 0 Å². The fraction of sp³-hybridized carbons (Fsp3) is 0.583. The van der Waals surface area contributed by atoms with E-state index in [1.807, 2.05) is 18.3 Å². The first-order valence-electron chi connectivity index (χ1n) is 5.72. The molecule has 1 N–H and O–H groups in total. The number of halogens is 1. The zero-order valence-electron chi connectivity index (χ0n) is 9.71. The van der Waals surface area contributed by atoms with Crippen LogP contribution in [-0.4, -0.2) is 24.7 Å². The van der Waals surface area contributed by atoms with Gasteiger partial charge in [0.15, 0.2) is 0 Å². The molecular weight excluding hydrogens is 268 g/mol. The molecule has 90 valence electrons. The van der Waals surface area contributed by atoms with Gasteiger partial charge in [-0.3, -0.25) is 4.98 Å². The van der Waals surface area contributed by atoms with E-state index < -0.39 is 0 Å². The third-order valence-electron chi connectivity index (χ3n) is 2.09. The smallest absolute Gasteiger partial charge is 0.0542 e. The van der Waals surface area contributed by atoms with E-state index in [0.29, 0.717) is 0 Å². The number of nitrogens with zero attached hydrogens (tertiary/aromatic N) is 1. The number of ether oxygens (including phenoxy) is 1. The van der Waals surface area contributed by atoms with E-state index in [2.05, 4.69) is 33.2 Å². The molecule has 0 radical (unpaired) electrons. The van der Waals surface area contributed by atoms with Gasteiger partial charge >= 0.3 is 0 Å². The number of rotatable bonds is 8. The molecule has 1 heterocycles. The lowest BCUT2D eigenvalue weighted by molar-refractivity contribution is 0.132. The number of aromatic nitrogens is 1. The van der Waals surface area contributed by atoms with Crippen LogP contribution in [-0.2, 0) is 11.3 Å². The summed E-state index contributed by atoms with van der Waals surface area (Å²) in [6, 6.07) is 4.03. The second-order valence-electron chi connectivity index (χ2n) is 3.61. The van der Waals surface area contributed by atoms with Crippen molar-refractivity contribution < 1.29 is 4.74 Å². The molecule has 1 rings (SSSR count). The predicted molar refractivity (Wildman–Crippen MR) is 69.4 cm³/mol. The minimum atomic E-state index is 0.820.